The van der Waals surface area contributed by atoms with Gasteiger partial charge in [0.1, 0.15) is 0 Å². The Hall–Kier alpha value is -1.83. The topological polar surface area (TPSA) is 88.3 Å². The first-order chi connectivity index (χ1) is 10.6. The maximum Gasteiger partial charge on any atom is 0.301 e. The van der Waals surface area contributed by atoms with E-state index in [-0.39, 0.29) is 11.6 Å². The minimum Gasteiger partial charge on any atom is -0.390 e. The molecular formula is C14H14ClN3O3S. The van der Waals surface area contributed by atoms with Gasteiger partial charge in [0.2, 0.25) is 0 Å². The fourth-order valence-electron chi connectivity index (χ4n) is 1.67. The van der Waals surface area contributed by atoms with E-state index < -0.39 is 11.0 Å². The number of hydrogen-bond donors (Lipinski definition) is 2. The molecule has 0 bridgehead atoms. The molecule has 0 fully saturated rings. The van der Waals surface area contributed by atoms with Crippen molar-refractivity contribution in [2.24, 2.45) is 0 Å². The normalized spacial score (nSPS) is 11.9. The highest BCUT2D eigenvalue weighted by molar-refractivity contribution is 7.99. The molecule has 0 saturated carbocycles. The number of alkyl halides is 1. The number of rotatable bonds is 7. The van der Waals surface area contributed by atoms with Crippen LogP contribution in [0.15, 0.2) is 52.5 Å². The standard InChI is InChI=1S/C14H14ClN3O3S/c15-8-11(19)9-17-10-3-1-4-12(7-10)22-14-13(18(20)21)5-2-6-16-14/h1-7,11,17,19H,8-9H2. The molecule has 0 radical (unpaired) electrons. The Kier molecular flexibility index (Phi) is 6.00. The Balaban J connectivity index is 2.12. The lowest BCUT2D eigenvalue weighted by Crippen LogP contribution is -2.20. The minimum absolute atomic E-state index is 0.0246. The Morgan fingerprint density at radius 1 is 1.41 bits per heavy atom. The summed E-state index contributed by atoms with van der Waals surface area (Å²) < 4.78 is 0. The van der Waals surface area contributed by atoms with Gasteiger partial charge in [-0.1, -0.05) is 17.8 Å². The third-order valence-electron chi connectivity index (χ3n) is 2.72. The smallest absolute Gasteiger partial charge is 0.301 e. The number of anilines is 1. The van der Waals surface area contributed by atoms with Gasteiger partial charge in [-0.25, -0.2) is 4.98 Å². The van der Waals surface area contributed by atoms with E-state index in [1.165, 1.54) is 30.1 Å². The first kappa shape index (κ1) is 16.5. The first-order valence-electron chi connectivity index (χ1n) is 6.45. The second kappa shape index (κ2) is 7.98. The van der Waals surface area contributed by atoms with Gasteiger partial charge in [-0.2, -0.15) is 0 Å². The average Bonchev–Trinajstić information content (AvgIpc) is 2.53. The van der Waals surface area contributed by atoms with Crippen LogP contribution in [0.1, 0.15) is 0 Å². The van der Waals surface area contributed by atoms with Crippen molar-refractivity contribution in [3.05, 3.63) is 52.7 Å². The number of aliphatic hydroxyl groups excluding tert-OH is 1. The molecule has 0 spiro atoms. The van der Waals surface area contributed by atoms with Gasteiger partial charge >= 0.3 is 5.69 Å². The van der Waals surface area contributed by atoms with Gasteiger partial charge < -0.3 is 10.4 Å². The predicted octanol–water partition coefficient (Wildman–Crippen LogP) is 3.15. The average molecular weight is 340 g/mol. The monoisotopic (exact) mass is 339 g/mol. The molecular weight excluding hydrogens is 326 g/mol. The molecule has 1 aromatic heterocycles. The SMILES string of the molecule is O=[N+]([O-])c1cccnc1Sc1cccc(NCC(O)CCl)c1. The highest BCUT2D eigenvalue weighted by Crippen LogP contribution is 2.33. The number of pyridine rings is 1. The molecule has 116 valence electrons. The van der Waals surface area contributed by atoms with E-state index in [0.717, 1.165) is 10.6 Å². The summed E-state index contributed by atoms with van der Waals surface area (Å²) in [6.07, 6.45) is 0.892. The van der Waals surface area contributed by atoms with Crippen LogP contribution in [0.4, 0.5) is 11.4 Å². The third-order valence-corrected chi connectivity index (χ3v) is 4.07. The zero-order chi connectivity index (χ0) is 15.9. The van der Waals surface area contributed by atoms with Gasteiger partial charge in [-0.05, 0) is 24.3 Å². The van der Waals surface area contributed by atoms with Crippen LogP contribution in [0.5, 0.6) is 0 Å². The molecule has 0 aliphatic carbocycles. The molecule has 8 heteroatoms. The molecule has 0 aliphatic rings. The van der Waals surface area contributed by atoms with Crippen LogP contribution < -0.4 is 5.32 Å². The molecule has 22 heavy (non-hydrogen) atoms. The summed E-state index contributed by atoms with van der Waals surface area (Å²) in [6, 6.07) is 10.3. The Labute approximate surface area is 136 Å². The molecule has 0 aliphatic heterocycles. The molecule has 6 nitrogen and oxygen atoms in total. The van der Waals surface area contributed by atoms with Gasteiger partial charge in [0.15, 0.2) is 5.03 Å². The molecule has 1 unspecified atom stereocenters. The van der Waals surface area contributed by atoms with Gasteiger partial charge in [0.25, 0.3) is 0 Å². The number of aromatic nitrogens is 1. The van der Waals surface area contributed by atoms with Crippen LogP contribution in [-0.2, 0) is 0 Å². The molecule has 1 atom stereocenters. The lowest BCUT2D eigenvalue weighted by molar-refractivity contribution is -0.388. The summed E-state index contributed by atoms with van der Waals surface area (Å²) in [5.74, 6) is 0.154. The number of nitrogens with one attached hydrogen (secondary N) is 1. The predicted molar refractivity (Wildman–Crippen MR) is 86.7 cm³/mol. The minimum atomic E-state index is -0.630. The summed E-state index contributed by atoms with van der Waals surface area (Å²) in [5, 5.41) is 23.8. The number of hydrogen-bond acceptors (Lipinski definition) is 6. The fraction of sp³-hybridized carbons (Fsp3) is 0.214. The van der Waals surface area contributed by atoms with Crippen LogP contribution in [0.3, 0.4) is 0 Å². The third kappa shape index (κ3) is 4.59. The van der Waals surface area contributed by atoms with Gasteiger partial charge in [0, 0.05) is 29.4 Å². The number of nitro groups is 1. The quantitative estimate of drug-likeness (QED) is 0.457. The summed E-state index contributed by atoms with van der Waals surface area (Å²) >= 11 is 6.75. The number of benzene rings is 1. The van der Waals surface area contributed by atoms with Crippen molar-refractivity contribution >= 4 is 34.7 Å². The highest BCUT2D eigenvalue weighted by Gasteiger charge is 2.15. The second-order valence-corrected chi connectivity index (χ2v) is 5.77. The van der Waals surface area contributed by atoms with E-state index in [1.54, 1.807) is 0 Å². The van der Waals surface area contributed by atoms with Crippen LogP contribution in [0.25, 0.3) is 0 Å². The van der Waals surface area contributed by atoms with Gasteiger partial charge in [0.05, 0.1) is 16.9 Å². The van der Waals surface area contributed by atoms with Crippen molar-refractivity contribution in [3.8, 4) is 0 Å². The van der Waals surface area contributed by atoms with Crippen LogP contribution in [0.2, 0.25) is 0 Å². The zero-order valence-electron chi connectivity index (χ0n) is 11.5. The maximum atomic E-state index is 11.0. The van der Waals surface area contributed by atoms with Crippen molar-refractivity contribution in [3.63, 3.8) is 0 Å². The number of nitrogens with zero attached hydrogens (tertiary/aromatic N) is 2. The summed E-state index contributed by atoms with van der Waals surface area (Å²) in [5.41, 5.74) is 0.774. The van der Waals surface area contributed by atoms with Crippen molar-refractivity contribution < 1.29 is 10.0 Å². The molecule has 2 rings (SSSR count). The van der Waals surface area contributed by atoms with Crippen LogP contribution >= 0.6 is 23.4 Å². The Morgan fingerprint density at radius 2 is 2.23 bits per heavy atom. The van der Waals surface area contributed by atoms with Crippen molar-refractivity contribution in [2.45, 2.75) is 16.0 Å². The molecule has 0 amide bonds. The lowest BCUT2D eigenvalue weighted by atomic mass is 10.3. The largest absolute Gasteiger partial charge is 0.390 e. The summed E-state index contributed by atoms with van der Waals surface area (Å²) in [4.78, 5) is 15.4. The molecule has 1 aromatic carbocycles. The van der Waals surface area contributed by atoms with Gasteiger partial charge in [-0.3, -0.25) is 10.1 Å². The van der Waals surface area contributed by atoms with Crippen molar-refractivity contribution in [2.75, 3.05) is 17.7 Å². The van der Waals surface area contributed by atoms with E-state index in [9.17, 15) is 15.2 Å². The molecule has 2 N–H and O–H groups in total. The molecule has 1 heterocycles. The van der Waals surface area contributed by atoms with Crippen molar-refractivity contribution in [1.29, 1.82) is 0 Å². The zero-order valence-corrected chi connectivity index (χ0v) is 13.0. The van der Waals surface area contributed by atoms with E-state index in [4.69, 9.17) is 11.6 Å². The fourth-order valence-corrected chi connectivity index (χ4v) is 2.70. The first-order valence-corrected chi connectivity index (χ1v) is 7.80. The molecule has 0 saturated heterocycles. The van der Waals surface area contributed by atoms with Crippen molar-refractivity contribution in [1.82, 2.24) is 4.98 Å². The Morgan fingerprint density at radius 3 is 2.95 bits per heavy atom. The van der Waals surface area contributed by atoms with Gasteiger partial charge in [-0.15, -0.1) is 11.6 Å². The number of halogens is 1. The van der Waals surface area contributed by atoms with Crippen LogP contribution in [-0.4, -0.2) is 33.5 Å². The maximum absolute atomic E-state index is 11.0. The Bertz CT molecular complexity index is 657. The summed E-state index contributed by atoms with van der Waals surface area (Å²) in [7, 11) is 0. The second-order valence-electron chi connectivity index (χ2n) is 4.40. The summed E-state index contributed by atoms with van der Waals surface area (Å²) in [6.45, 7) is 0.335. The number of aliphatic hydroxyl groups is 1. The highest BCUT2D eigenvalue weighted by atomic mass is 35.5. The van der Waals surface area contributed by atoms with E-state index >= 15 is 0 Å². The van der Waals surface area contributed by atoms with E-state index in [0.29, 0.717) is 11.6 Å². The molecule has 2 aromatic rings. The van der Waals surface area contributed by atoms with E-state index in [1.807, 2.05) is 24.3 Å². The van der Waals surface area contributed by atoms with E-state index in [2.05, 4.69) is 10.3 Å². The lowest BCUT2D eigenvalue weighted by Gasteiger charge is -2.11. The van der Waals surface area contributed by atoms with Crippen LogP contribution in [0, 0.1) is 10.1 Å².